The first-order chi connectivity index (χ1) is 6.54. The summed E-state index contributed by atoms with van der Waals surface area (Å²) in [5, 5.41) is 19.4. The molecule has 0 aromatic heterocycles. The molecule has 14 heavy (non-hydrogen) atoms. The van der Waals surface area contributed by atoms with Crippen molar-refractivity contribution in [1.82, 2.24) is 0 Å². The maximum Gasteiger partial charge on any atom is 0.117 e. The normalized spacial score (nSPS) is 15.1. The molecule has 0 aliphatic heterocycles. The highest BCUT2D eigenvalue weighted by molar-refractivity contribution is 6.30. The van der Waals surface area contributed by atoms with Gasteiger partial charge in [0.1, 0.15) is 5.75 Å². The van der Waals surface area contributed by atoms with Gasteiger partial charge in [0, 0.05) is 11.1 Å². The van der Waals surface area contributed by atoms with Crippen LogP contribution in [-0.4, -0.2) is 16.3 Å². The first kappa shape index (κ1) is 11.3. The zero-order valence-electron chi connectivity index (χ0n) is 7.94. The van der Waals surface area contributed by atoms with Crippen LogP contribution in [0, 0.1) is 0 Å². The van der Waals surface area contributed by atoms with E-state index in [-0.39, 0.29) is 11.8 Å². The fraction of sp³-hybridized carbons (Fsp3) is 0.400. The minimum Gasteiger partial charge on any atom is -0.508 e. The van der Waals surface area contributed by atoms with Gasteiger partial charge < -0.3 is 15.9 Å². The van der Waals surface area contributed by atoms with Crippen LogP contribution < -0.4 is 5.73 Å². The summed E-state index contributed by atoms with van der Waals surface area (Å²) in [6, 6.07) is 4.14. The Balaban J connectivity index is 2.94. The van der Waals surface area contributed by atoms with E-state index in [1.54, 1.807) is 6.07 Å². The SMILES string of the molecule is CC[C@@H](N)[C@@H](O)c1cc(O)cc(Cl)c1. The number of aliphatic hydroxyl groups excluding tert-OH is 1. The van der Waals surface area contributed by atoms with Gasteiger partial charge in [-0.3, -0.25) is 0 Å². The van der Waals surface area contributed by atoms with Crippen molar-refractivity contribution in [2.24, 2.45) is 5.73 Å². The number of halogens is 1. The van der Waals surface area contributed by atoms with Crippen LogP contribution in [0.3, 0.4) is 0 Å². The van der Waals surface area contributed by atoms with Crippen LogP contribution in [0.1, 0.15) is 25.0 Å². The monoisotopic (exact) mass is 215 g/mol. The largest absolute Gasteiger partial charge is 0.508 e. The van der Waals surface area contributed by atoms with Crippen LogP contribution >= 0.6 is 11.6 Å². The second-order valence-electron chi connectivity index (χ2n) is 3.26. The molecule has 1 aromatic carbocycles. The molecule has 0 bridgehead atoms. The average molecular weight is 216 g/mol. The van der Waals surface area contributed by atoms with E-state index in [1.807, 2.05) is 6.92 Å². The minimum absolute atomic E-state index is 0.0369. The van der Waals surface area contributed by atoms with Gasteiger partial charge in [0.25, 0.3) is 0 Å². The summed E-state index contributed by atoms with van der Waals surface area (Å²) in [4.78, 5) is 0. The van der Waals surface area contributed by atoms with Crippen molar-refractivity contribution < 1.29 is 10.2 Å². The van der Waals surface area contributed by atoms with E-state index in [9.17, 15) is 10.2 Å². The highest BCUT2D eigenvalue weighted by Gasteiger charge is 2.16. The Morgan fingerprint density at radius 3 is 2.57 bits per heavy atom. The van der Waals surface area contributed by atoms with Crippen molar-refractivity contribution in [3.05, 3.63) is 28.8 Å². The first-order valence-electron chi connectivity index (χ1n) is 4.47. The highest BCUT2D eigenvalue weighted by Crippen LogP contribution is 2.25. The smallest absolute Gasteiger partial charge is 0.117 e. The predicted octanol–water partition coefficient (Wildman–Crippen LogP) is 1.82. The molecule has 3 nitrogen and oxygen atoms in total. The highest BCUT2D eigenvalue weighted by atomic mass is 35.5. The molecule has 0 amide bonds. The second-order valence-corrected chi connectivity index (χ2v) is 3.70. The summed E-state index contributed by atoms with van der Waals surface area (Å²) in [5.41, 5.74) is 6.22. The van der Waals surface area contributed by atoms with E-state index < -0.39 is 6.10 Å². The van der Waals surface area contributed by atoms with Crippen LogP contribution in [0.25, 0.3) is 0 Å². The Hall–Kier alpha value is -0.770. The number of hydrogen-bond acceptors (Lipinski definition) is 3. The maximum absolute atomic E-state index is 9.74. The molecular formula is C10H14ClNO2. The molecule has 78 valence electrons. The molecule has 0 saturated carbocycles. The molecule has 0 saturated heterocycles. The molecule has 0 aliphatic rings. The van der Waals surface area contributed by atoms with Crippen molar-refractivity contribution in [3.8, 4) is 5.75 Å². The summed E-state index contributed by atoms with van der Waals surface area (Å²) >= 11 is 5.73. The fourth-order valence-corrected chi connectivity index (χ4v) is 1.48. The number of aromatic hydroxyl groups is 1. The van der Waals surface area contributed by atoms with Crippen molar-refractivity contribution >= 4 is 11.6 Å². The number of phenols is 1. The second kappa shape index (κ2) is 4.64. The van der Waals surface area contributed by atoms with Gasteiger partial charge in [0.15, 0.2) is 0 Å². The maximum atomic E-state index is 9.74. The summed E-state index contributed by atoms with van der Waals surface area (Å²) in [6.07, 6.45) is -0.126. The molecule has 0 fully saturated rings. The number of benzene rings is 1. The average Bonchev–Trinajstić information content (AvgIpc) is 2.14. The third-order valence-electron chi connectivity index (χ3n) is 2.12. The van der Waals surface area contributed by atoms with E-state index in [4.69, 9.17) is 17.3 Å². The van der Waals surface area contributed by atoms with E-state index in [0.717, 1.165) is 0 Å². The van der Waals surface area contributed by atoms with Crippen LogP contribution in [-0.2, 0) is 0 Å². The van der Waals surface area contributed by atoms with Gasteiger partial charge in [-0.1, -0.05) is 18.5 Å². The van der Waals surface area contributed by atoms with E-state index in [0.29, 0.717) is 17.0 Å². The predicted molar refractivity (Wildman–Crippen MR) is 56.3 cm³/mol. The lowest BCUT2D eigenvalue weighted by atomic mass is 10.0. The van der Waals surface area contributed by atoms with Gasteiger partial charge >= 0.3 is 0 Å². The molecule has 0 spiro atoms. The Labute approximate surface area is 88.1 Å². The number of rotatable bonds is 3. The van der Waals surface area contributed by atoms with Gasteiger partial charge in [0.2, 0.25) is 0 Å². The topological polar surface area (TPSA) is 66.5 Å². The molecule has 4 heteroatoms. The molecule has 1 rings (SSSR count). The Kier molecular flexibility index (Phi) is 3.75. The van der Waals surface area contributed by atoms with Crippen molar-refractivity contribution in [2.75, 3.05) is 0 Å². The van der Waals surface area contributed by atoms with Crippen molar-refractivity contribution in [2.45, 2.75) is 25.5 Å². The number of hydrogen-bond donors (Lipinski definition) is 3. The zero-order valence-corrected chi connectivity index (χ0v) is 8.70. The quantitative estimate of drug-likeness (QED) is 0.721. The van der Waals surface area contributed by atoms with Crippen LogP contribution in [0.15, 0.2) is 18.2 Å². The first-order valence-corrected chi connectivity index (χ1v) is 4.85. The third kappa shape index (κ3) is 2.61. The molecule has 0 heterocycles. The summed E-state index contributed by atoms with van der Waals surface area (Å²) < 4.78 is 0. The lowest BCUT2D eigenvalue weighted by molar-refractivity contribution is 0.144. The van der Waals surface area contributed by atoms with Crippen LogP contribution in [0.2, 0.25) is 5.02 Å². The number of nitrogens with two attached hydrogens (primary N) is 1. The fourth-order valence-electron chi connectivity index (χ4n) is 1.24. The lowest BCUT2D eigenvalue weighted by Crippen LogP contribution is -2.27. The number of phenolic OH excluding ortho intramolecular Hbond substituents is 1. The van der Waals surface area contributed by atoms with E-state index in [1.165, 1.54) is 12.1 Å². The molecule has 2 atom stereocenters. The van der Waals surface area contributed by atoms with Crippen molar-refractivity contribution in [1.29, 1.82) is 0 Å². The Morgan fingerprint density at radius 2 is 2.07 bits per heavy atom. The zero-order chi connectivity index (χ0) is 10.7. The lowest BCUT2D eigenvalue weighted by Gasteiger charge is -2.17. The summed E-state index contributed by atoms with van der Waals surface area (Å²) in [6.45, 7) is 1.89. The third-order valence-corrected chi connectivity index (χ3v) is 2.34. The standard InChI is InChI=1S/C10H14ClNO2/c1-2-9(12)10(14)6-3-7(11)5-8(13)4-6/h3-5,9-10,13-14H,2,12H2,1H3/t9-,10+/m1/s1. The molecule has 0 aliphatic carbocycles. The summed E-state index contributed by atoms with van der Waals surface area (Å²) in [5.74, 6) is 0.0369. The van der Waals surface area contributed by atoms with Gasteiger partial charge in [0.05, 0.1) is 6.10 Å². The minimum atomic E-state index is -0.787. The number of aliphatic hydroxyl groups is 1. The summed E-state index contributed by atoms with van der Waals surface area (Å²) in [7, 11) is 0. The van der Waals surface area contributed by atoms with E-state index in [2.05, 4.69) is 0 Å². The van der Waals surface area contributed by atoms with Crippen molar-refractivity contribution in [3.63, 3.8) is 0 Å². The van der Waals surface area contributed by atoms with Gasteiger partial charge in [-0.2, -0.15) is 0 Å². The Bertz CT molecular complexity index is 297. The molecule has 1 aromatic rings. The van der Waals surface area contributed by atoms with Crippen LogP contribution in [0.4, 0.5) is 0 Å². The molecule has 4 N–H and O–H groups in total. The Morgan fingerprint density at radius 1 is 1.43 bits per heavy atom. The molecular weight excluding hydrogens is 202 g/mol. The molecule has 0 unspecified atom stereocenters. The van der Waals surface area contributed by atoms with Gasteiger partial charge in [-0.05, 0) is 30.2 Å². The van der Waals surface area contributed by atoms with Gasteiger partial charge in [-0.15, -0.1) is 0 Å². The van der Waals surface area contributed by atoms with Gasteiger partial charge in [-0.25, -0.2) is 0 Å². The van der Waals surface area contributed by atoms with E-state index >= 15 is 0 Å². The van der Waals surface area contributed by atoms with Crippen LogP contribution in [0.5, 0.6) is 5.75 Å². The molecule has 0 radical (unpaired) electrons.